The molecule has 0 aromatic rings. The van der Waals surface area contributed by atoms with Crippen LogP contribution in [0.15, 0.2) is 0 Å². The van der Waals surface area contributed by atoms with E-state index in [0.29, 0.717) is 24.9 Å². The Bertz CT molecular complexity index is 428. The van der Waals surface area contributed by atoms with Gasteiger partial charge < -0.3 is 11.1 Å². The van der Waals surface area contributed by atoms with E-state index < -0.39 is 12.7 Å². The molecule has 2 saturated heterocycles. The molecule has 1 saturated carbocycles. The van der Waals surface area contributed by atoms with E-state index in [4.69, 9.17) is 5.73 Å². The maximum absolute atomic E-state index is 12.4. The molecule has 120 valence electrons. The number of amides is 1. The number of alkyl halides is 3. The molecule has 0 aromatic carbocycles. The van der Waals surface area contributed by atoms with Gasteiger partial charge in [0, 0.05) is 18.0 Å². The summed E-state index contributed by atoms with van der Waals surface area (Å²) in [6.45, 7) is 1.02. The lowest BCUT2D eigenvalue weighted by atomic mass is 9.86. The van der Waals surface area contributed by atoms with Crippen LogP contribution in [0.5, 0.6) is 0 Å². The van der Waals surface area contributed by atoms with Gasteiger partial charge >= 0.3 is 6.18 Å². The van der Waals surface area contributed by atoms with Crippen LogP contribution < -0.4 is 11.1 Å². The molecule has 4 atom stereocenters. The Labute approximate surface area is 122 Å². The summed E-state index contributed by atoms with van der Waals surface area (Å²) in [5, 5.41) is 3.50. The summed E-state index contributed by atoms with van der Waals surface area (Å²) in [4.78, 5) is 12.9. The van der Waals surface area contributed by atoms with Crippen molar-refractivity contribution < 1.29 is 18.0 Å². The second-order valence-electron chi connectivity index (χ2n) is 6.88. The zero-order valence-corrected chi connectivity index (χ0v) is 12.0. The molecule has 1 aliphatic carbocycles. The van der Waals surface area contributed by atoms with Crippen LogP contribution in [-0.2, 0) is 4.79 Å². The fraction of sp³-hybridized carbons (Fsp3) is 0.929. The Morgan fingerprint density at radius 2 is 2.10 bits per heavy atom. The summed E-state index contributed by atoms with van der Waals surface area (Å²) >= 11 is 0. The number of carbonyl (C=O) groups is 1. The third-order valence-electron chi connectivity index (χ3n) is 5.40. The molecule has 3 aliphatic rings. The molecule has 4 nitrogen and oxygen atoms in total. The Hall–Kier alpha value is -0.820. The van der Waals surface area contributed by atoms with Crippen LogP contribution in [0.1, 0.15) is 25.7 Å². The molecule has 3 rings (SSSR count). The Kier molecular flexibility index (Phi) is 3.68. The van der Waals surface area contributed by atoms with E-state index in [1.165, 1.54) is 4.90 Å². The molecule has 0 bridgehead atoms. The third-order valence-corrected chi connectivity index (χ3v) is 5.40. The minimum atomic E-state index is -4.11. The number of nitrogens with two attached hydrogens (primary N) is 1. The minimum Gasteiger partial charge on any atom is -0.369 e. The summed E-state index contributed by atoms with van der Waals surface area (Å²) in [5.41, 5.74) is 5.38. The van der Waals surface area contributed by atoms with Gasteiger partial charge in [-0.05, 0) is 50.6 Å². The number of primary amides is 1. The topological polar surface area (TPSA) is 58.4 Å². The summed E-state index contributed by atoms with van der Waals surface area (Å²) < 4.78 is 37.3. The van der Waals surface area contributed by atoms with Gasteiger partial charge in [0.25, 0.3) is 0 Å². The zero-order valence-electron chi connectivity index (χ0n) is 12.0. The number of hydrogen-bond acceptors (Lipinski definition) is 3. The van der Waals surface area contributed by atoms with Crippen LogP contribution in [0, 0.1) is 17.8 Å². The van der Waals surface area contributed by atoms with E-state index >= 15 is 0 Å². The van der Waals surface area contributed by atoms with Crippen LogP contribution in [-0.4, -0.2) is 48.7 Å². The number of likely N-dealkylation sites (tertiary alicyclic amines) is 1. The Morgan fingerprint density at radius 1 is 1.33 bits per heavy atom. The second kappa shape index (κ2) is 5.12. The summed E-state index contributed by atoms with van der Waals surface area (Å²) in [6, 6.07) is 0. The maximum Gasteiger partial charge on any atom is 0.401 e. The molecule has 2 heterocycles. The third kappa shape index (κ3) is 3.18. The van der Waals surface area contributed by atoms with E-state index in [0.717, 1.165) is 32.2 Å². The average molecular weight is 305 g/mol. The van der Waals surface area contributed by atoms with Crippen molar-refractivity contribution in [3.63, 3.8) is 0 Å². The normalized spacial score (nSPS) is 40.6. The predicted molar refractivity (Wildman–Crippen MR) is 71.4 cm³/mol. The summed E-state index contributed by atoms with van der Waals surface area (Å²) in [6.07, 6.45) is -0.791. The van der Waals surface area contributed by atoms with Crippen LogP contribution in [0.25, 0.3) is 0 Å². The fourth-order valence-corrected chi connectivity index (χ4v) is 4.33. The molecule has 0 aromatic heterocycles. The van der Waals surface area contributed by atoms with Crippen molar-refractivity contribution in [1.29, 1.82) is 0 Å². The van der Waals surface area contributed by atoms with E-state index in [2.05, 4.69) is 5.32 Å². The van der Waals surface area contributed by atoms with Gasteiger partial charge in [-0.2, -0.15) is 13.2 Å². The SMILES string of the molecule is NC(=O)C1CCNC2(C1)CC2[C@@H]1CCN(CC(F)(F)F)C1. The number of halogens is 3. The van der Waals surface area contributed by atoms with Gasteiger partial charge in [0.2, 0.25) is 5.91 Å². The first kappa shape index (κ1) is 15.1. The van der Waals surface area contributed by atoms with Crippen molar-refractivity contribution in [2.75, 3.05) is 26.2 Å². The maximum atomic E-state index is 12.4. The number of nitrogens with one attached hydrogen (secondary N) is 1. The largest absolute Gasteiger partial charge is 0.401 e. The van der Waals surface area contributed by atoms with Crippen molar-refractivity contribution in [2.24, 2.45) is 23.5 Å². The average Bonchev–Trinajstić information content (AvgIpc) is 2.85. The molecular formula is C14H22F3N3O. The molecule has 3 unspecified atom stereocenters. The predicted octanol–water partition coefficient (Wildman–Crippen LogP) is 1.11. The van der Waals surface area contributed by atoms with Gasteiger partial charge in [0.05, 0.1) is 6.54 Å². The Morgan fingerprint density at radius 3 is 2.76 bits per heavy atom. The molecular weight excluding hydrogens is 283 g/mol. The zero-order chi connectivity index (χ0) is 15.3. The molecule has 21 heavy (non-hydrogen) atoms. The minimum absolute atomic E-state index is 0.0309. The fourth-order valence-electron chi connectivity index (χ4n) is 4.33. The molecule has 1 spiro atoms. The van der Waals surface area contributed by atoms with Gasteiger partial charge in [-0.15, -0.1) is 0 Å². The van der Waals surface area contributed by atoms with Crippen LogP contribution in [0.4, 0.5) is 13.2 Å². The van der Waals surface area contributed by atoms with Gasteiger partial charge in [-0.3, -0.25) is 9.69 Å². The van der Waals surface area contributed by atoms with E-state index in [9.17, 15) is 18.0 Å². The molecule has 0 radical (unpaired) electrons. The Balaban J connectivity index is 1.55. The summed E-state index contributed by atoms with van der Waals surface area (Å²) in [7, 11) is 0. The van der Waals surface area contributed by atoms with Crippen LogP contribution in [0.2, 0.25) is 0 Å². The van der Waals surface area contributed by atoms with Crippen LogP contribution >= 0.6 is 0 Å². The number of carbonyl (C=O) groups excluding carboxylic acids is 1. The molecule has 3 N–H and O–H groups in total. The molecule has 3 fully saturated rings. The standard InChI is InChI=1S/C14H22F3N3O/c15-14(16,17)8-20-4-2-10(7-20)11-6-13(11)5-9(12(18)21)1-3-19-13/h9-11,19H,1-8H2,(H2,18,21)/t9?,10-,11?,13?/m1/s1. The molecule has 7 heteroatoms. The first-order chi connectivity index (χ1) is 9.79. The van der Waals surface area contributed by atoms with Crippen molar-refractivity contribution in [2.45, 2.75) is 37.4 Å². The second-order valence-corrected chi connectivity index (χ2v) is 6.88. The molecule has 1 amide bonds. The van der Waals surface area contributed by atoms with E-state index in [1.807, 2.05) is 0 Å². The van der Waals surface area contributed by atoms with Crippen molar-refractivity contribution in [1.82, 2.24) is 10.2 Å². The van der Waals surface area contributed by atoms with Crippen LogP contribution in [0.3, 0.4) is 0 Å². The first-order valence-electron chi connectivity index (χ1n) is 7.62. The van der Waals surface area contributed by atoms with E-state index in [-0.39, 0.29) is 17.4 Å². The lowest BCUT2D eigenvalue weighted by Crippen LogP contribution is -2.46. The first-order valence-corrected chi connectivity index (χ1v) is 7.62. The van der Waals surface area contributed by atoms with Crippen molar-refractivity contribution >= 4 is 5.91 Å². The smallest absolute Gasteiger partial charge is 0.369 e. The van der Waals surface area contributed by atoms with Gasteiger partial charge in [-0.1, -0.05) is 0 Å². The van der Waals surface area contributed by atoms with Crippen molar-refractivity contribution in [3.05, 3.63) is 0 Å². The summed E-state index contributed by atoms with van der Waals surface area (Å²) in [5.74, 6) is 0.389. The van der Waals surface area contributed by atoms with Crippen molar-refractivity contribution in [3.8, 4) is 0 Å². The molecule has 2 aliphatic heterocycles. The van der Waals surface area contributed by atoms with Gasteiger partial charge in [0.1, 0.15) is 0 Å². The number of nitrogens with zero attached hydrogens (tertiary/aromatic N) is 1. The number of piperidine rings is 1. The highest BCUT2D eigenvalue weighted by Gasteiger charge is 2.60. The highest BCUT2D eigenvalue weighted by molar-refractivity contribution is 5.77. The van der Waals surface area contributed by atoms with Gasteiger partial charge in [0.15, 0.2) is 0 Å². The number of hydrogen-bond donors (Lipinski definition) is 2. The van der Waals surface area contributed by atoms with E-state index in [1.54, 1.807) is 0 Å². The highest BCUT2D eigenvalue weighted by Crippen LogP contribution is 2.55. The highest BCUT2D eigenvalue weighted by atomic mass is 19.4. The number of rotatable bonds is 3. The van der Waals surface area contributed by atoms with Gasteiger partial charge in [-0.25, -0.2) is 0 Å². The lowest BCUT2D eigenvalue weighted by Gasteiger charge is -2.31. The lowest BCUT2D eigenvalue weighted by molar-refractivity contribution is -0.143. The monoisotopic (exact) mass is 305 g/mol. The quantitative estimate of drug-likeness (QED) is 0.821.